The minimum Gasteiger partial charge on any atom is -0.383 e. The van der Waals surface area contributed by atoms with E-state index in [2.05, 4.69) is 31.9 Å². The highest BCUT2D eigenvalue weighted by Crippen LogP contribution is 2.07. The van der Waals surface area contributed by atoms with Crippen LogP contribution in [0.4, 0.5) is 5.95 Å². The highest BCUT2D eigenvalue weighted by atomic mass is 16.5. The van der Waals surface area contributed by atoms with Gasteiger partial charge in [-0.05, 0) is 6.92 Å². The maximum absolute atomic E-state index is 5.10. The summed E-state index contributed by atoms with van der Waals surface area (Å²) in [4.78, 5) is 8.52. The Hall–Kier alpha value is -1.89. The first-order chi connectivity index (χ1) is 9.19. The molecule has 104 valence electrons. The largest absolute Gasteiger partial charge is 0.383 e. The summed E-state index contributed by atoms with van der Waals surface area (Å²) in [6.45, 7) is 3.50. The van der Waals surface area contributed by atoms with Crippen molar-refractivity contribution >= 4 is 5.95 Å². The molecule has 0 spiro atoms. The number of nitrogens with zero attached hydrogens (tertiary/aromatic N) is 5. The molecule has 0 aliphatic rings. The van der Waals surface area contributed by atoms with Gasteiger partial charge in [-0.25, -0.2) is 9.97 Å². The van der Waals surface area contributed by atoms with Gasteiger partial charge in [-0.3, -0.25) is 4.68 Å². The SMILES string of the molecule is COCC(C)Nc1nccn1CCc1ncn(C)n1. The van der Waals surface area contributed by atoms with Gasteiger partial charge in [0.1, 0.15) is 6.33 Å². The minimum absolute atomic E-state index is 0.221. The Morgan fingerprint density at radius 3 is 2.95 bits per heavy atom. The predicted octanol–water partition coefficient (Wildman–Crippen LogP) is 0.701. The average molecular weight is 264 g/mol. The number of rotatable bonds is 7. The van der Waals surface area contributed by atoms with Crippen LogP contribution in [0.2, 0.25) is 0 Å². The second kappa shape index (κ2) is 6.33. The number of aromatic nitrogens is 5. The molecule has 0 aliphatic heterocycles. The lowest BCUT2D eigenvalue weighted by Gasteiger charge is -2.14. The Kier molecular flexibility index (Phi) is 4.51. The number of hydrogen-bond acceptors (Lipinski definition) is 5. The molecule has 0 radical (unpaired) electrons. The van der Waals surface area contributed by atoms with Gasteiger partial charge in [0.15, 0.2) is 5.82 Å². The lowest BCUT2D eigenvalue weighted by molar-refractivity contribution is 0.190. The first kappa shape index (κ1) is 13.5. The van der Waals surface area contributed by atoms with Gasteiger partial charge in [0.25, 0.3) is 0 Å². The Morgan fingerprint density at radius 1 is 1.42 bits per heavy atom. The third kappa shape index (κ3) is 3.78. The van der Waals surface area contributed by atoms with Gasteiger partial charge >= 0.3 is 0 Å². The number of imidazole rings is 1. The molecule has 2 aromatic heterocycles. The van der Waals surface area contributed by atoms with E-state index in [0.717, 1.165) is 24.7 Å². The summed E-state index contributed by atoms with van der Waals surface area (Å²) in [6, 6.07) is 0.221. The Bertz CT molecular complexity index is 506. The zero-order chi connectivity index (χ0) is 13.7. The van der Waals surface area contributed by atoms with Gasteiger partial charge in [0.2, 0.25) is 5.95 Å². The van der Waals surface area contributed by atoms with Gasteiger partial charge in [-0.2, -0.15) is 5.10 Å². The van der Waals surface area contributed by atoms with Crippen LogP contribution in [0.1, 0.15) is 12.7 Å². The quantitative estimate of drug-likeness (QED) is 0.797. The number of ether oxygens (including phenoxy) is 1. The Labute approximate surface area is 112 Å². The number of anilines is 1. The average Bonchev–Trinajstić information content (AvgIpc) is 2.96. The third-order valence-electron chi connectivity index (χ3n) is 2.73. The molecule has 7 nitrogen and oxygen atoms in total. The van der Waals surface area contributed by atoms with Crippen molar-refractivity contribution in [2.75, 3.05) is 19.0 Å². The summed E-state index contributed by atoms with van der Waals surface area (Å²) in [7, 11) is 3.56. The first-order valence-electron chi connectivity index (χ1n) is 6.30. The molecule has 1 unspecified atom stereocenters. The number of hydrogen-bond donors (Lipinski definition) is 1. The Morgan fingerprint density at radius 2 is 2.26 bits per heavy atom. The van der Waals surface area contributed by atoms with E-state index in [1.807, 2.05) is 13.2 Å². The van der Waals surface area contributed by atoms with Gasteiger partial charge in [-0.1, -0.05) is 0 Å². The zero-order valence-electron chi connectivity index (χ0n) is 11.6. The van der Waals surface area contributed by atoms with E-state index in [-0.39, 0.29) is 6.04 Å². The third-order valence-corrected chi connectivity index (χ3v) is 2.73. The van der Waals surface area contributed by atoms with Gasteiger partial charge in [0, 0.05) is 45.6 Å². The topological polar surface area (TPSA) is 69.8 Å². The van der Waals surface area contributed by atoms with E-state index < -0.39 is 0 Å². The predicted molar refractivity (Wildman–Crippen MR) is 71.9 cm³/mol. The standard InChI is InChI=1S/C12H20N6O/c1-10(8-19-3)15-12-13-5-7-18(12)6-4-11-14-9-17(2)16-11/h5,7,9-10H,4,6,8H2,1-3H3,(H,13,15). The van der Waals surface area contributed by atoms with Crippen LogP contribution in [0.3, 0.4) is 0 Å². The monoisotopic (exact) mass is 264 g/mol. The fraction of sp³-hybridized carbons (Fsp3) is 0.583. The lowest BCUT2D eigenvalue weighted by atomic mass is 10.3. The fourth-order valence-corrected chi connectivity index (χ4v) is 1.86. The van der Waals surface area contributed by atoms with Gasteiger partial charge in [-0.15, -0.1) is 0 Å². The van der Waals surface area contributed by atoms with Crippen molar-refractivity contribution in [1.82, 2.24) is 24.3 Å². The molecule has 0 aromatic carbocycles. The van der Waals surface area contributed by atoms with E-state index >= 15 is 0 Å². The molecule has 2 heterocycles. The smallest absolute Gasteiger partial charge is 0.203 e. The lowest BCUT2D eigenvalue weighted by Crippen LogP contribution is -2.23. The first-order valence-corrected chi connectivity index (χ1v) is 6.30. The van der Waals surface area contributed by atoms with Crippen LogP contribution in [-0.4, -0.2) is 44.1 Å². The molecule has 1 atom stereocenters. The molecule has 2 aromatic rings. The van der Waals surface area contributed by atoms with Gasteiger partial charge in [0.05, 0.1) is 6.61 Å². The summed E-state index contributed by atoms with van der Waals surface area (Å²) < 4.78 is 8.87. The maximum atomic E-state index is 5.10. The molecule has 1 N–H and O–H groups in total. The summed E-state index contributed by atoms with van der Waals surface area (Å²) >= 11 is 0. The molecule has 0 fully saturated rings. The molecule has 7 heteroatoms. The van der Waals surface area contributed by atoms with E-state index in [4.69, 9.17) is 4.74 Å². The van der Waals surface area contributed by atoms with Crippen LogP contribution in [-0.2, 0) is 24.8 Å². The van der Waals surface area contributed by atoms with Crippen molar-refractivity contribution in [3.8, 4) is 0 Å². The maximum Gasteiger partial charge on any atom is 0.203 e. The highest BCUT2D eigenvalue weighted by Gasteiger charge is 2.08. The van der Waals surface area contributed by atoms with Crippen LogP contribution in [0.5, 0.6) is 0 Å². The van der Waals surface area contributed by atoms with Crippen LogP contribution in [0, 0.1) is 0 Å². The van der Waals surface area contributed by atoms with E-state index in [1.165, 1.54) is 0 Å². The minimum atomic E-state index is 0.221. The van der Waals surface area contributed by atoms with Crippen molar-refractivity contribution < 1.29 is 4.74 Å². The molecule has 0 saturated heterocycles. The molecular weight excluding hydrogens is 244 g/mol. The van der Waals surface area contributed by atoms with Gasteiger partial charge < -0.3 is 14.6 Å². The molecule has 0 amide bonds. The molecule has 0 aliphatic carbocycles. The number of methoxy groups -OCH3 is 1. The van der Waals surface area contributed by atoms with Crippen molar-refractivity contribution in [2.24, 2.45) is 7.05 Å². The van der Waals surface area contributed by atoms with E-state index in [1.54, 1.807) is 24.3 Å². The molecule has 2 rings (SSSR count). The summed E-state index contributed by atoms with van der Waals surface area (Å²) in [6.07, 6.45) is 6.23. The van der Waals surface area contributed by atoms with Crippen molar-refractivity contribution in [3.63, 3.8) is 0 Å². The number of aryl methyl sites for hydroxylation is 3. The van der Waals surface area contributed by atoms with Crippen LogP contribution < -0.4 is 5.32 Å². The van der Waals surface area contributed by atoms with Crippen LogP contribution in [0.15, 0.2) is 18.7 Å². The second-order valence-electron chi connectivity index (χ2n) is 4.53. The van der Waals surface area contributed by atoms with Crippen molar-refractivity contribution in [2.45, 2.75) is 25.9 Å². The highest BCUT2D eigenvalue weighted by molar-refractivity contribution is 5.27. The fourth-order valence-electron chi connectivity index (χ4n) is 1.86. The molecule has 0 saturated carbocycles. The number of nitrogens with one attached hydrogen (secondary N) is 1. The summed E-state index contributed by atoms with van der Waals surface area (Å²) in [5.74, 6) is 1.69. The summed E-state index contributed by atoms with van der Waals surface area (Å²) in [5, 5.41) is 7.58. The second-order valence-corrected chi connectivity index (χ2v) is 4.53. The molecule has 19 heavy (non-hydrogen) atoms. The summed E-state index contributed by atoms with van der Waals surface area (Å²) in [5.41, 5.74) is 0. The van der Waals surface area contributed by atoms with E-state index in [0.29, 0.717) is 6.61 Å². The van der Waals surface area contributed by atoms with E-state index in [9.17, 15) is 0 Å². The van der Waals surface area contributed by atoms with Crippen molar-refractivity contribution in [3.05, 3.63) is 24.5 Å². The van der Waals surface area contributed by atoms with Crippen LogP contribution >= 0.6 is 0 Å². The zero-order valence-corrected chi connectivity index (χ0v) is 11.6. The normalized spacial score (nSPS) is 12.6. The molecular formula is C12H20N6O. The van der Waals surface area contributed by atoms with Crippen LogP contribution in [0.25, 0.3) is 0 Å². The van der Waals surface area contributed by atoms with Crippen molar-refractivity contribution in [1.29, 1.82) is 0 Å². The Balaban J connectivity index is 1.92. The molecule has 0 bridgehead atoms.